The standard InChI is InChI=1S/C24H26F5N5O/c1-16(23(35,13-34-15-30-14-31-34)21-6-5-18(25)12-22(21)26)32-19-7-9-33(10-8-19)20-4-2-3-17(11-20)24(27,28)29/h2-6,11-12,14-16,19,32,35H,7-10,13H2,1H3/t16-,23-/m1/s1. The second-order valence-electron chi connectivity index (χ2n) is 8.84. The molecule has 1 aliphatic heterocycles. The van der Waals surface area contributed by atoms with Crippen molar-refractivity contribution in [2.45, 2.75) is 50.2 Å². The number of rotatable bonds is 7. The zero-order chi connectivity index (χ0) is 25.2. The number of piperidine rings is 1. The fraction of sp³-hybridized carbons (Fsp3) is 0.417. The van der Waals surface area contributed by atoms with Crippen molar-refractivity contribution >= 4 is 5.69 Å². The predicted octanol–water partition coefficient (Wildman–Crippen LogP) is 4.11. The molecule has 3 aromatic rings. The number of benzene rings is 2. The number of aliphatic hydroxyl groups is 1. The van der Waals surface area contributed by atoms with Crippen LogP contribution in [0.5, 0.6) is 0 Å². The normalized spacial score (nSPS) is 17.9. The molecule has 11 heteroatoms. The Labute approximate surface area is 199 Å². The van der Waals surface area contributed by atoms with E-state index in [4.69, 9.17) is 0 Å². The lowest BCUT2D eigenvalue weighted by Crippen LogP contribution is -2.55. The highest BCUT2D eigenvalue weighted by Crippen LogP contribution is 2.33. The predicted molar refractivity (Wildman–Crippen MR) is 120 cm³/mol. The Morgan fingerprint density at radius 2 is 1.86 bits per heavy atom. The van der Waals surface area contributed by atoms with Crippen LogP contribution in [0.4, 0.5) is 27.6 Å². The minimum Gasteiger partial charge on any atom is -0.381 e. The molecule has 2 aromatic carbocycles. The van der Waals surface area contributed by atoms with Crippen LogP contribution in [0.3, 0.4) is 0 Å². The van der Waals surface area contributed by atoms with Crippen LogP contribution < -0.4 is 10.2 Å². The maximum absolute atomic E-state index is 14.7. The lowest BCUT2D eigenvalue weighted by atomic mass is 9.85. The maximum atomic E-state index is 14.7. The molecule has 0 saturated carbocycles. The van der Waals surface area contributed by atoms with Gasteiger partial charge in [-0.25, -0.2) is 18.4 Å². The number of alkyl halides is 3. The third-order valence-corrected chi connectivity index (χ3v) is 6.50. The molecule has 1 aromatic heterocycles. The van der Waals surface area contributed by atoms with E-state index in [1.807, 2.05) is 4.90 Å². The molecule has 1 saturated heterocycles. The fourth-order valence-electron chi connectivity index (χ4n) is 4.53. The molecule has 35 heavy (non-hydrogen) atoms. The first kappa shape index (κ1) is 25.1. The monoisotopic (exact) mass is 495 g/mol. The summed E-state index contributed by atoms with van der Waals surface area (Å²) in [7, 11) is 0. The smallest absolute Gasteiger partial charge is 0.381 e. The third kappa shape index (κ3) is 5.62. The molecule has 0 amide bonds. The van der Waals surface area contributed by atoms with Crippen LogP contribution in [0.15, 0.2) is 55.1 Å². The largest absolute Gasteiger partial charge is 0.416 e. The summed E-state index contributed by atoms with van der Waals surface area (Å²) in [6.45, 7) is 2.61. The molecular weight excluding hydrogens is 469 g/mol. The Kier molecular flexibility index (Phi) is 7.09. The van der Waals surface area contributed by atoms with Crippen LogP contribution in [0.25, 0.3) is 0 Å². The van der Waals surface area contributed by atoms with Gasteiger partial charge >= 0.3 is 6.18 Å². The van der Waals surface area contributed by atoms with Crippen molar-refractivity contribution in [3.8, 4) is 0 Å². The second-order valence-corrected chi connectivity index (χ2v) is 8.84. The minimum atomic E-state index is -4.41. The molecule has 0 aliphatic carbocycles. The van der Waals surface area contributed by atoms with Gasteiger partial charge in [-0.1, -0.05) is 12.1 Å². The van der Waals surface area contributed by atoms with Gasteiger partial charge in [0, 0.05) is 42.5 Å². The molecule has 0 radical (unpaired) electrons. The molecule has 1 fully saturated rings. The summed E-state index contributed by atoms with van der Waals surface area (Å²) >= 11 is 0. The number of nitrogens with zero attached hydrogens (tertiary/aromatic N) is 4. The van der Waals surface area contributed by atoms with Gasteiger partial charge < -0.3 is 15.3 Å². The van der Waals surface area contributed by atoms with Crippen LogP contribution in [-0.2, 0) is 18.3 Å². The Morgan fingerprint density at radius 1 is 1.11 bits per heavy atom. The highest BCUT2D eigenvalue weighted by atomic mass is 19.4. The molecular formula is C24H26F5N5O. The van der Waals surface area contributed by atoms with E-state index in [2.05, 4.69) is 15.4 Å². The van der Waals surface area contributed by atoms with E-state index in [0.717, 1.165) is 24.3 Å². The average molecular weight is 495 g/mol. The van der Waals surface area contributed by atoms with E-state index >= 15 is 0 Å². The SMILES string of the molecule is C[C@@H](NC1CCN(c2cccc(C(F)(F)F)c2)CC1)[C@](O)(Cn1cncn1)c1ccc(F)cc1F. The van der Waals surface area contributed by atoms with Crippen molar-refractivity contribution in [1.82, 2.24) is 20.1 Å². The molecule has 2 atom stereocenters. The van der Waals surface area contributed by atoms with Gasteiger partial charge in [-0.3, -0.25) is 0 Å². The van der Waals surface area contributed by atoms with Crippen LogP contribution in [0.2, 0.25) is 0 Å². The number of nitrogens with one attached hydrogen (secondary N) is 1. The summed E-state index contributed by atoms with van der Waals surface area (Å²) in [5, 5.41) is 19.0. The van der Waals surface area contributed by atoms with Gasteiger partial charge in [0.1, 0.15) is 29.9 Å². The minimum absolute atomic E-state index is 0.0715. The van der Waals surface area contributed by atoms with Crippen molar-refractivity contribution in [1.29, 1.82) is 0 Å². The molecule has 6 nitrogen and oxygen atoms in total. The Bertz CT molecular complexity index is 1130. The fourth-order valence-corrected chi connectivity index (χ4v) is 4.53. The number of hydrogen-bond donors (Lipinski definition) is 2. The summed E-state index contributed by atoms with van der Waals surface area (Å²) in [5.41, 5.74) is -2.04. The van der Waals surface area contributed by atoms with Crippen LogP contribution >= 0.6 is 0 Å². The van der Waals surface area contributed by atoms with E-state index in [1.165, 1.54) is 29.5 Å². The van der Waals surface area contributed by atoms with Gasteiger partial charge in [0.05, 0.1) is 12.1 Å². The topological polar surface area (TPSA) is 66.2 Å². The Balaban J connectivity index is 1.47. The molecule has 1 aliphatic rings. The molecule has 2 N–H and O–H groups in total. The van der Waals surface area contributed by atoms with E-state index < -0.39 is 35.0 Å². The molecule has 4 rings (SSSR count). The molecule has 0 spiro atoms. The lowest BCUT2D eigenvalue weighted by molar-refractivity contribution is -0.137. The first-order valence-corrected chi connectivity index (χ1v) is 11.2. The summed E-state index contributed by atoms with van der Waals surface area (Å²) in [4.78, 5) is 5.75. The number of hydrogen-bond acceptors (Lipinski definition) is 5. The van der Waals surface area contributed by atoms with Crippen LogP contribution in [0.1, 0.15) is 30.9 Å². The first-order valence-electron chi connectivity index (χ1n) is 11.2. The zero-order valence-electron chi connectivity index (χ0n) is 19.0. The van der Waals surface area contributed by atoms with Crippen molar-refractivity contribution in [3.63, 3.8) is 0 Å². The van der Waals surface area contributed by atoms with Gasteiger partial charge in [-0.15, -0.1) is 0 Å². The number of halogens is 5. The van der Waals surface area contributed by atoms with E-state index in [1.54, 1.807) is 13.0 Å². The first-order chi connectivity index (χ1) is 16.6. The lowest BCUT2D eigenvalue weighted by Gasteiger charge is -2.40. The average Bonchev–Trinajstić information content (AvgIpc) is 3.31. The summed E-state index contributed by atoms with van der Waals surface area (Å²) < 4.78 is 68.8. The number of anilines is 1. The van der Waals surface area contributed by atoms with Gasteiger partial charge in [0.2, 0.25) is 0 Å². The quantitative estimate of drug-likeness (QED) is 0.483. The van der Waals surface area contributed by atoms with Gasteiger partial charge in [0.15, 0.2) is 0 Å². The summed E-state index contributed by atoms with van der Waals surface area (Å²) in [5.74, 6) is -1.63. The van der Waals surface area contributed by atoms with E-state index in [0.29, 0.717) is 31.6 Å². The van der Waals surface area contributed by atoms with Gasteiger partial charge in [0.25, 0.3) is 0 Å². The van der Waals surface area contributed by atoms with E-state index in [-0.39, 0.29) is 18.2 Å². The van der Waals surface area contributed by atoms with Crippen LogP contribution in [-0.4, -0.2) is 45.0 Å². The third-order valence-electron chi connectivity index (χ3n) is 6.50. The Hall–Kier alpha value is -3.05. The van der Waals surface area contributed by atoms with Crippen LogP contribution in [0, 0.1) is 11.6 Å². The number of aromatic nitrogens is 3. The highest BCUT2D eigenvalue weighted by Gasteiger charge is 2.40. The summed E-state index contributed by atoms with van der Waals surface area (Å²) in [6, 6.07) is 7.53. The summed E-state index contributed by atoms with van der Waals surface area (Å²) in [6.07, 6.45) is -0.511. The molecule has 0 bridgehead atoms. The van der Waals surface area contributed by atoms with Crippen molar-refractivity contribution in [2.24, 2.45) is 0 Å². The highest BCUT2D eigenvalue weighted by molar-refractivity contribution is 5.49. The Morgan fingerprint density at radius 3 is 2.49 bits per heavy atom. The van der Waals surface area contributed by atoms with Crippen molar-refractivity contribution < 1.29 is 27.1 Å². The van der Waals surface area contributed by atoms with Crippen molar-refractivity contribution in [3.05, 3.63) is 77.9 Å². The van der Waals surface area contributed by atoms with Crippen molar-refractivity contribution in [2.75, 3.05) is 18.0 Å². The molecule has 188 valence electrons. The van der Waals surface area contributed by atoms with Gasteiger partial charge in [-0.2, -0.15) is 18.3 Å². The maximum Gasteiger partial charge on any atom is 0.416 e. The van der Waals surface area contributed by atoms with E-state index in [9.17, 15) is 27.1 Å². The molecule has 0 unspecified atom stereocenters. The second kappa shape index (κ2) is 9.90. The molecule has 2 heterocycles. The zero-order valence-corrected chi connectivity index (χ0v) is 19.0. The van der Waals surface area contributed by atoms with Gasteiger partial charge in [-0.05, 0) is 44.0 Å².